The van der Waals surface area contributed by atoms with Gasteiger partial charge in [0.1, 0.15) is 17.5 Å². The van der Waals surface area contributed by atoms with Crippen LogP contribution in [0, 0.1) is 25.5 Å². The Labute approximate surface area is 162 Å². The lowest BCUT2D eigenvalue weighted by Gasteiger charge is -2.11. The van der Waals surface area contributed by atoms with Gasteiger partial charge in [-0.2, -0.15) is 4.68 Å². The van der Waals surface area contributed by atoms with Gasteiger partial charge in [-0.15, -0.1) is 5.10 Å². The Morgan fingerprint density at radius 3 is 2.59 bits per heavy atom. The smallest absolute Gasteiger partial charge is 0.392 e. The highest BCUT2D eigenvalue weighted by atomic mass is 19.1. The van der Waals surface area contributed by atoms with Crippen LogP contribution in [0.2, 0.25) is 0 Å². The lowest BCUT2D eigenvalue weighted by atomic mass is 10.1. The molecule has 1 N–H and O–H groups in total. The summed E-state index contributed by atoms with van der Waals surface area (Å²) in [4.78, 5) is 28.4. The molecule has 0 atom stereocenters. The second-order valence-corrected chi connectivity index (χ2v) is 6.36. The van der Waals surface area contributed by atoms with Gasteiger partial charge in [0.15, 0.2) is 0 Å². The van der Waals surface area contributed by atoms with Gasteiger partial charge in [-0.25, -0.2) is 18.6 Å². The van der Waals surface area contributed by atoms with Gasteiger partial charge in [0.05, 0.1) is 11.3 Å². The van der Waals surface area contributed by atoms with Crippen LogP contribution in [0.3, 0.4) is 0 Å². The molecule has 146 valence electrons. The third-order valence-electron chi connectivity index (χ3n) is 4.40. The van der Waals surface area contributed by atoms with Crippen molar-refractivity contribution in [3.63, 3.8) is 0 Å². The standard InChI is InChI=1S/C20H14F2N4O3/c1-10-3-6-15(21)13-7-8-23-18(17(10)13)24-19(27)14-5-4-12(9-16(14)22)26-20(28)29-11(2)25-26/h3-9H,1-2H3,(H,23,24,27). The first-order valence-electron chi connectivity index (χ1n) is 8.57. The number of nitrogens with zero attached hydrogens (tertiary/aromatic N) is 3. The zero-order valence-corrected chi connectivity index (χ0v) is 15.4. The number of nitrogens with one attached hydrogen (secondary N) is 1. The summed E-state index contributed by atoms with van der Waals surface area (Å²) in [6, 6.07) is 7.98. The zero-order chi connectivity index (χ0) is 20.7. The number of aromatic nitrogens is 3. The Kier molecular flexibility index (Phi) is 4.42. The van der Waals surface area contributed by atoms with Crippen molar-refractivity contribution in [1.29, 1.82) is 0 Å². The Morgan fingerprint density at radius 2 is 1.90 bits per heavy atom. The van der Waals surface area contributed by atoms with E-state index in [-0.39, 0.29) is 23.0 Å². The Balaban J connectivity index is 1.70. The van der Waals surface area contributed by atoms with E-state index in [9.17, 15) is 18.4 Å². The molecule has 0 aliphatic heterocycles. The number of pyridine rings is 1. The van der Waals surface area contributed by atoms with E-state index < -0.39 is 23.3 Å². The molecule has 2 aromatic carbocycles. The summed E-state index contributed by atoms with van der Waals surface area (Å²) in [6.45, 7) is 3.24. The Morgan fingerprint density at radius 1 is 1.10 bits per heavy atom. The van der Waals surface area contributed by atoms with E-state index in [0.29, 0.717) is 16.3 Å². The zero-order valence-electron chi connectivity index (χ0n) is 15.4. The Bertz CT molecular complexity index is 1330. The van der Waals surface area contributed by atoms with Crippen molar-refractivity contribution in [2.24, 2.45) is 0 Å². The van der Waals surface area contributed by atoms with E-state index in [1.54, 1.807) is 13.0 Å². The second kappa shape index (κ2) is 6.93. The van der Waals surface area contributed by atoms with Crippen LogP contribution in [0.4, 0.5) is 14.6 Å². The van der Waals surface area contributed by atoms with E-state index in [4.69, 9.17) is 4.42 Å². The summed E-state index contributed by atoms with van der Waals surface area (Å²) in [6.07, 6.45) is 1.36. The molecule has 0 saturated heterocycles. The maximum absolute atomic E-state index is 14.6. The molecule has 7 nitrogen and oxygen atoms in total. The molecule has 1 amide bonds. The lowest BCUT2D eigenvalue weighted by molar-refractivity contribution is 0.102. The van der Waals surface area contributed by atoms with Crippen LogP contribution in [0.25, 0.3) is 16.5 Å². The molecule has 4 rings (SSSR count). The number of hydrogen-bond acceptors (Lipinski definition) is 5. The number of halogens is 2. The minimum absolute atomic E-state index is 0.113. The molecule has 2 aromatic heterocycles. The fourth-order valence-electron chi connectivity index (χ4n) is 3.06. The molecule has 0 radical (unpaired) electrons. The molecule has 0 aliphatic carbocycles. The highest BCUT2D eigenvalue weighted by Crippen LogP contribution is 2.27. The van der Waals surface area contributed by atoms with Crippen LogP contribution in [-0.2, 0) is 0 Å². The van der Waals surface area contributed by atoms with Crippen molar-refractivity contribution < 1.29 is 18.0 Å². The molecular weight excluding hydrogens is 382 g/mol. The average Bonchev–Trinajstić information content (AvgIpc) is 3.02. The first-order valence-corrected chi connectivity index (χ1v) is 8.57. The molecule has 2 heterocycles. The maximum Gasteiger partial charge on any atom is 0.441 e. The molecule has 0 aliphatic rings. The van der Waals surface area contributed by atoms with Crippen LogP contribution in [0.1, 0.15) is 21.8 Å². The number of rotatable bonds is 3. The van der Waals surface area contributed by atoms with E-state index in [1.807, 2.05) is 0 Å². The number of anilines is 1. The molecule has 4 aromatic rings. The van der Waals surface area contributed by atoms with Crippen LogP contribution < -0.4 is 11.1 Å². The van der Waals surface area contributed by atoms with Crippen molar-refractivity contribution in [3.05, 3.63) is 81.8 Å². The second-order valence-electron chi connectivity index (χ2n) is 6.36. The number of benzene rings is 2. The molecule has 0 unspecified atom stereocenters. The van der Waals surface area contributed by atoms with Gasteiger partial charge in [0.25, 0.3) is 5.91 Å². The molecule has 0 fully saturated rings. The van der Waals surface area contributed by atoms with Crippen molar-refractivity contribution in [3.8, 4) is 5.69 Å². The van der Waals surface area contributed by atoms with Crippen molar-refractivity contribution in [2.75, 3.05) is 5.32 Å². The minimum atomic E-state index is -0.865. The number of aryl methyl sites for hydroxylation is 2. The normalized spacial score (nSPS) is 11.0. The monoisotopic (exact) mass is 396 g/mol. The Hall–Kier alpha value is -3.88. The quantitative estimate of drug-likeness (QED) is 0.572. The van der Waals surface area contributed by atoms with Gasteiger partial charge in [-0.05, 0) is 36.8 Å². The summed E-state index contributed by atoms with van der Waals surface area (Å²) in [5.41, 5.74) is 0.554. The van der Waals surface area contributed by atoms with Crippen LogP contribution in [0.15, 0.2) is 51.8 Å². The van der Waals surface area contributed by atoms with E-state index in [1.165, 1.54) is 37.4 Å². The molecule has 0 bridgehead atoms. The SMILES string of the molecule is Cc1nn(-c2ccc(C(=O)Nc3nccc4c(F)ccc(C)c34)c(F)c2)c(=O)o1. The van der Waals surface area contributed by atoms with E-state index in [2.05, 4.69) is 15.4 Å². The molecular formula is C20H14F2N4O3. The molecule has 0 saturated carbocycles. The van der Waals surface area contributed by atoms with Crippen molar-refractivity contribution >= 4 is 22.5 Å². The maximum atomic E-state index is 14.6. The van der Waals surface area contributed by atoms with Gasteiger partial charge in [-0.1, -0.05) is 6.07 Å². The fraction of sp³-hybridized carbons (Fsp3) is 0.100. The van der Waals surface area contributed by atoms with Gasteiger partial charge < -0.3 is 9.73 Å². The van der Waals surface area contributed by atoms with Gasteiger partial charge in [0.2, 0.25) is 5.89 Å². The van der Waals surface area contributed by atoms with Crippen LogP contribution >= 0.6 is 0 Å². The number of hydrogen-bond donors (Lipinski definition) is 1. The highest BCUT2D eigenvalue weighted by molar-refractivity contribution is 6.09. The topological polar surface area (TPSA) is 90.0 Å². The first kappa shape index (κ1) is 18.5. The predicted octanol–water partition coefficient (Wildman–Crippen LogP) is 3.52. The van der Waals surface area contributed by atoms with E-state index >= 15 is 0 Å². The summed E-state index contributed by atoms with van der Waals surface area (Å²) < 4.78 is 34.3. The average molecular weight is 396 g/mol. The minimum Gasteiger partial charge on any atom is -0.392 e. The fourth-order valence-corrected chi connectivity index (χ4v) is 3.06. The number of carbonyl (C=O) groups excluding carboxylic acids is 1. The summed E-state index contributed by atoms with van der Waals surface area (Å²) in [5, 5.41) is 7.10. The molecule has 29 heavy (non-hydrogen) atoms. The third kappa shape index (κ3) is 3.27. The van der Waals surface area contributed by atoms with Crippen LogP contribution in [0.5, 0.6) is 0 Å². The van der Waals surface area contributed by atoms with E-state index in [0.717, 1.165) is 10.7 Å². The van der Waals surface area contributed by atoms with Crippen molar-refractivity contribution in [2.45, 2.75) is 13.8 Å². The summed E-state index contributed by atoms with van der Waals surface area (Å²) in [7, 11) is 0. The summed E-state index contributed by atoms with van der Waals surface area (Å²) in [5.74, 6) is -2.60. The van der Waals surface area contributed by atoms with Crippen LogP contribution in [-0.4, -0.2) is 20.7 Å². The molecule has 9 heteroatoms. The summed E-state index contributed by atoms with van der Waals surface area (Å²) >= 11 is 0. The lowest BCUT2D eigenvalue weighted by Crippen LogP contribution is -2.17. The highest BCUT2D eigenvalue weighted by Gasteiger charge is 2.17. The molecule has 0 spiro atoms. The first-order chi connectivity index (χ1) is 13.8. The number of fused-ring (bicyclic) bond motifs is 1. The largest absolute Gasteiger partial charge is 0.441 e. The van der Waals surface area contributed by atoms with Gasteiger partial charge in [0, 0.05) is 30.0 Å². The predicted molar refractivity (Wildman–Crippen MR) is 101 cm³/mol. The third-order valence-corrected chi connectivity index (χ3v) is 4.40. The van der Waals surface area contributed by atoms with Gasteiger partial charge >= 0.3 is 5.76 Å². The van der Waals surface area contributed by atoms with Crippen molar-refractivity contribution in [1.82, 2.24) is 14.8 Å². The number of amides is 1. The van der Waals surface area contributed by atoms with Gasteiger partial charge in [-0.3, -0.25) is 4.79 Å². The number of carbonyl (C=O) groups is 1.